The van der Waals surface area contributed by atoms with Crippen molar-refractivity contribution in [2.75, 3.05) is 0 Å². The number of aliphatic hydroxyl groups is 2. The Morgan fingerprint density at radius 2 is 2.08 bits per heavy atom. The smallest absolute Gasteiger partial charge is 0.180 e. The first kappa shape index (κ1) is 16.9. The van der Waals surface area contributed by atoms with Gasteiger partial charge >= 0.3 is 0 Å². The van der Waals surface area contributed by atoms with Crippen LogP contribution in [0.3, 0.4) is 0 Å². The summed E-state index contributed by atoms with van der Waals surface area (Å²) in [6.45, 7) is 0.672. The minimum atomic E-state index is -0.877. The first-order chi connectivity index (χ1) is 12.7. The van der Waals surface area contributed by atoms with Crippen LogP contribution in [0.25, 0.3) is 11.3 Å². The summed E-state index contributed by atoms with van der Waals surface area (Å²) in [5.41, 5.74) is 2.24. The number of nitrogens with one attached hydrogen (secondary N) is 1. The Balaban J connectivity index is 1.27. The maximum absolute atomic E-state index is 10.3. The molecule has 1 unspecified atom stereocenters. The summed E-state index contributed by atoms with van der Waals surface area (Å²) in [6.07, 6.45) is 2.75. The summed E-state index contributed by atoms with van der Waals surface area (Å²) in [5.74, 6) is 0.888. The molecule has 3 N–H and O–H groups in total. The monoisotopic (exact) mass is 355 g/mol. The van der Waals surface area contributed by atoms with E-state index in [1.54, 1.807) is 16.9 Å². The van der Waals surface area contributed by atoms with E-state index in [0.29, 0.717) is 23.1 Å². The summed E-state index contributed by atoms with van der Waals surface area (Å²) >= 11 is 0. The molecule has 8 heteroatoms. The van der Waals surface area contributed by atoms with Gasteiger partial charge in [0.1, 0.15) is 11.4 Å². The summed E-state index contributed by atoms with van der Waals surface area (Å²) in [7, 11) is 0. The molecular formula is C18H21N5O3. The first-order valence-electron chi connectivity index (χ1n) is 8.67. The molecule has 0 spiro atoms. The Bertz CT molecular complexity index is 841. The molecule has 0 amide bonds. The second-order valence-corrected chi connectivity index (χ2v) is 6.67. The topological polar surface area (TPSA) is 109 Å². The van der Waals surface area contributed by atoms with Gasteiger partial charge in [-0.2, -0.15) is 0 Å². The van der Waals surface area contributed by atoms with Crippen molar-refractivity contribution in [3.63, 3.8) is 0 Å². The van der Waals surface area contributed by atoms with Gasteiger partial charge in [0, 0.05) is 24.2 Å². The van der Waals surface area contributed by atoms with Crippen molar-refractivity contribution in [2.24, 2.45) is 5.92 Å². The SMILES string of the molecule is OCc1cn(CC2CC(NC(O)c3cc(-c4ccccc4)no3)C2)nn1. The molecule has 136 valence electrons. The zero-order valence-electron chi connectivity index (χ0n) is 14.2. The molecule has 1 saturated carbocycles. The van der Waals surface area contributed by atoms with Gasteiger partial charge < -0.3 is 14.7 Å². The van der Waals surface area contributed by atoms with Crippen LogP contribution in [0, 0.1) is 5.92 Å². The molecule has 4 rings (SSSR count). The fraction of sp³-hybridized carbons (Fsp3) is 0.389. The predicted octanol–water partition coefficient (Wildman–Crippen LogP) is 1.48. The lowest BCUT2D eigenvalue weighted by Crippen LogP contribution is -2.44. The van der Waals surface area contributed by atoms with Crippen LogP contribution in [0.15, 0.2) is 47.1 Å². The van der Waals surface area contributed by atoms with Gasteiger partial charge in [0.15, 0.2) is 12.0 Å². The fourth-order valence-electron chi connectivity index (χ4n) is 3.25. The van der Waals surface area contributed by atoms with Crippen LogP contribution in [0.2, 0.25) is 0 Å². The highest BCUT2D eigenvalue weighted by Gasteiger charge is 2.32. The molecule has 0 radical (unpaired) electrons. The van der Waals surface area contributed by atoms with Crippen LogP contribution >= 0.6 is 0 Å². The van der Waals surface area contributed by atoms with Crippen LogP contribution in [0.4, 0.5) is 0 Å². The number of hydrogen-bond donors (Lipinski definition) is 3. The van der Waals surface area contributed by atoms with Gasteiger partial charge in [-0.3, -0.25) is 10.00 Å². The van der Waals surface area contributed by atoms with Crippen molar-refractivity contribution in [2.45, 2.75) is 38.3 Å². The summed E-state index contributed by atoms with van der Waals surface area (Å²) in [4.78, 5) is 0. The number of nitrogens with zero attached hydrogens (tertiary/aromatic N) is 4. The van der Waals surface area contributed by atoms with Gasteiger partial charge in [-0.1, -0.05) is 40.7 Å². The Labute approximate surface area is 150 Å². The lowest BCUT2D eigenvalue weighted by Gasteiger charge is -2.36. The number of hydrogen-bond acceptors (Lipinski definition) is 7. The third kappa shape index (κ3) is 3.67. The van der Waals surface area contributed by atoms with E-state index in [2.05, 4.69) is 20.8 Å². The Morgan fingerprint density at radius 3 is 2.81 bits per heavy atom. The van der Waals surface area contributed by atoms with Crippen LogP contribution in [0.1, 0.15) is 30.5 Å². The highest BCUT2D eigenvalue weighted by molar-refractivity contribution is 5.58. The van der Waals surface area contributed by atoms with Crippen molar-refractivity contribution in [3.8, 4) is 11.3 Å². The van der Waals surface area contributed by atoms with Crippen molar-refractivity contribution >= 4 is 0 Å². The van der Waals surface area contributed by atoms with Crippen LogP contribution in [-0.4, -0.2) is 36.4 Å². The second kappa shape index (κ2) is 7.36. The Kier molecular flexibility index (Phi) is 4.79. The highest BCUT2D eigenvalue weighted by Crippen LogP contribution is 2.31. The van der Waals surface area contributed by atoms with E-state index in [-0.39, 0.29) is 12.6 Å². The molecule has 1 aliphatic rings. The van der Waals surface area contributed by atoms with Crippen molar-refractivity contribution < 1.29 is 14.7 Å². The molecule has 2 heterocycles. The highest BCUT2D eigenvalue weighted by atomic mass is 16.5. The second-order valence-electron chi connectivity index (χ2n) is 6.67. The van der Waals surface area contributed by atoms with Crippen LogP contribution in [0.5, 0.6) is 0 Å². The molecule has 0 bridgehead atoms. The average molecular weight is 355 g/mol. The van der Waals surface area contributed by atoms with Crippen molar-refractivity contribution in [1.29, 1.82) is 0 Å². The predicted molar refractivity (Wildman–Crippen MR) is 92.5 cm³/mol. The quantitative estimate of drug-likeness (QED) is 0.551. The van der Waals surface area contributed by atoms with Gasteiger partial charge in [0.25, 0.3) is 0 Å². The molecule has 2 aromatic heterocycles. The zero-order valence-corrected chi connectivity index (χ0v) is 14.2. The largest absolute Gasteiger partial charge is 0.390 e. The average Bonchev–Trinajstić information content (AvgIpc) is 3.30. The first-order valence-corrected chi connectivity index (χ1v) is 8.67. The van der Waals surface area contributed by atoms with Crippen molar-refractivity contribution in [3.05, 3.63) is 54.0 Å². The lowest BCUT2D eigenvalue weighted by atomic mass is 9.80. The molecule has 3 aromatic rings. The summed E-state index contributed by atoms with van der Waals surface area (Å²) in [5, 5.41) is 34.4. The molecule has 1 aromatic carbocycles. The van der Waals surface area contributed by atoms with Gasteiger partial charge in [-0.15, -0.1) is 5.10 Å². The maximum atomic E-state index is 10.3. The Morgan fingerprint density at radius 1 is 1.27 bits per heavy atom. The third-order valence-corrected chi connectivity index (χ3v) is 4.69. The molecule has 0 aliphatic heterocycles. The van der Waals surface area contributed by atoms with Gasteiger partial charge in [-0.25, -0.2) is 0 Å². The molecule has 26 heavy (non-hydrogen) atoms. The molecule has 1 fully saturated rings. The molecule has 0 saturated heterocycles. The summed E-state index contributed by atoms with van der Waals surface area (Å²) in [6, 6.07) is 11.7. The van der Waals surface area contributed by atoms with E-state index in [4.69, 9.17) is 9.63 Å². The number of aromatic nitrogens is 4. The molecular weight excluding hydrogens is 334 g/mol. The van der Waals surface area contributed by atoms with E-state index in [0.717, 1.165) is 24.9 Å². The molecule has 1 atom stereocenters. The van der Waals surface area contributed by atoms with Gasteiger partial charge in [0.05, 0.1) is 12.8 Å². The van der Waals surface area contributed by atoms with Gasteiger partial charge in [0.2, 0.25) is 0 Å². The van der Waals surface area contributed by atoms with Crippen molar-refractivity contribution in [1.82, 2.24) is 25.5 Å². The Hall–Kier alpha value is -2.55. The minimum absolute atomic E-state index is 0.0941. The normalized spacial score (nSPS) is 20.7. The number of rotatable bonds is 7. The van der Waals surface area contributed by atoms with E-state index >= 15 is 0 Å². The van der Waals surface area contributed by atoms with Gasteiger partial charge in [-0.05, 0) is 18.8 Å². The van der Waals surface area contributed by atoms with E-state index in [1.165, 1.54) is 0 Å². The number of benzene rings is 1. The van der Waals surface area contributed by atoms with Crippen LogP contribution < -0.4 is 5.32 Å². The van der Waals surface area contributed by atoms with Crippen LogP contribution in [-0.2, 0) is 13.2 Å². The minimum Gasteiger partial charge on any atom is -0.390 e. The summed E-state index contributed by atoms with van der Waals surface area (Å²) < 4.78 is 7.03. The zero-order chi connectivity index (χ0) is 17.9. The fourth-order valence-corrected chi connectivity index (χ4v) is 3.25. The molecule has 8 nitrogen and oxygen atoms in total. The standard InChI is InChI=1S/C18H21N5O3/c24-11-15-10-23(22-20-15)9-12-6-14(7-12)19-18(25)17-8-16(21-26-17)13-4-2-1-3-5-13/h1-5,8,10,12,14,18-19,24-25H,6-7,9,11H2. The molecule has 1 aliphatic carbocycles. The third-order valence-electron chi connectivity index (χ3n) is 4.69. The van der Waals surface area contributed by atoms with E-state index in [9.17, 15) is 5.11 Å². The number of aliphatic hydroxyl groups excluding tert-OH is 2. The van der Waals surface area contributed by atoms with E-state index in [1.807, 2.05) is 30.3 Å². The van der Waals surface area contributed by atoms with E-state index < -0.39 is 6.23 Å². The maximum Gasteiger partial charge on any atom is 0.180 e. The lowest BCUT2D eigenvalue weighted by molar-refractivity contribution is 0.0586.